The molecule has 25 heavy (non-hydrogen) atoms. The molecule has 1 aliphatic heterocycles. The summed E-state index contributed by atoms with van der Waals surface area (Å²) in [7, 11) is -1.85. The minimum atomic E-state index is -3.49. The molecule has 8 heteroatoms. The van der Waals surface area contributed by atoms with E-state index in [0.29, 0.717) is 24.6 Å². The van der Waals surface area contributed by atoms with Gasteiger partial charge >= 0.3 is 0 Å². The number of rotatable bonds is 4. The van der Waals surface area contributed by atoms with Gasteiger partial charge in [0, 0.05) is 25.7 Å². The van der Waals surface area contributed by atoms with Crippen molar-refractivity contribution < 1.29 is 12.8 Å². The predicted octanol–water partition coefficient (Wildman–Crippen LogP) is 2.68. The molecular weight excluding hydrogens is 340 g/mol. The molecule has 1 aliphatic rings. The molecule has 1 saturated heterocycles. The summed E-state index contributed by atoms with van der Waals surface area (Å²) in [6.45, 7) is 3.19. The number of oxazole rings is 1. The Morgan fingerprint density at radius 1 is 1.36 bits per heavy atom. The third-order valence-electron chi connectivity index (χ3n) is 4.32. The molecule has 0 unspecified atom stereocenters. The second-order valence-electron chi connectivity index (χ2n) is 6.19. The Morgan fingerprint density at radius 3 is 2.64 bits per heavy atom. The van der Waals surface area contributed by atoms with Crippen LogP contribution in [0.15, 0.2) is 33.6 Å². The van der Waals surface area contributed by atoms with E-state index in [1.807, 2.05) is 6.07 Å². The highest BCUT2D eigenvalue weighted by Crippen LogP contribution is 2.28. The van der Waals surface area contributed by atoms with Crippen molar-refractivity contribution in [3.8, 4) is 17.5 Å². The highest BCUT2D eigenvalue weighted by molar-refractivity contribution is 7.89. The Morgan fingerprint density at radius 2 is 2.08 bits per heavy atom. The maximum absolute atomic E-state index is 12.8. The van der Waals surface area contributed by atoms with Crippen LogP contribution in [0.4, 0.5) is 5.88 Å². The van der Waals surface area contributed by atoms with E-state index in [2.05, 4.69) is 17.2 Å². The highest BCUT2D eigenvalue weighted by atomic mass is 32.2. The van der Waals surface area contributed by atoms with Crippen LogP contribution in [0.25, 0.3) is 11.5 Å². The first-order chi connectivity index (χ1) is 12.0. The highest BCUT2D eigenvalue weighted by Gasteiger charge is 2.28. The van der Waals surface area contributed by atoms with Gasteiger partial charge in [-0.2, -0.15) is 14.6 Å². The van der Waals surface area contributed by atoms with Gasteiger partial charge in [-0.25, -0.2) is 8.42 Å². The topological polar surface area (TPSA) is 99.2 Å². The summed E-state index contributed by atoms with van der Waals surface area (Å²) in [6, 6.07) is 8.35. The van der Waals surface area contributed by atoms with E-state index in [9.17, 15) is 8.42 Å². The quantitative estimate of drug-likeness (QED) is 0.900. The summed E-state index contributed by atoms with van der Waals surface area (Å²) in [5.74, 6) is 0.937. The van der Waals surface area contributed by atoms with E-state index in [4.69, 9.17) is 9.68 Å². The zero-order chi connectivity index (χ0) is 18.0. The van der Waals surface area contributed by atoms with Gasteiger partial charge in [0.2, 0.25) is 27.5 Å². The minimum absolute atomic E-state index is 0.163. The second-order valence-corrected chi connectivity index (χ2v) is 8.13. The number of anilines is 1. The maximum Gasteiger partial charge on any atom is 0.243 e. The summed E-state index contributed by atoms with van der Waals surface area (Å²) >= 11 is 0. The molecule has 132 valence electrons. The first-order valence-electron chi connectivity index (χ1n) is 8.15. The zero-order valence-electron chi connectivity index (χ0n) is 14.2. The van der Waals surface area contributed by atoms with E-state index < -0.39 is 10.0 Å². The van der Waals surface area contributed by atoms with E-state index in [-0.39, 0.29) is 22.4 Å². The molecular formula is C17H20N4O3S. The van der Waals surface area contributed by atoms with Gasteiger partial charge in [0.15, 0.2) is 0 Å². The Balaban J connectivity index is 1.87. The molecule has 1 fully saturated rings. The van der Waals surface area contributed by atoms with Crippen LogP contribution >= 0.6 is 0 Å². The molecule has 1 aromatic carbocycles. The molecule has 0 aliphatic carbocycles. The molecule has 0 saturated carbocycles. The zero-order valence-corrected chi connectivity index (χ0v) is 15.0. The number of nitrogens with zero attached hydrogens (tertiary/aromatic N) is 3. The predicted molar refractivity (Wildman–Crippen MR) is 93.4 cm³/mol. The molecule has 2 heterocycles. The lowest BCUT2D eigenvalue weighted by molar-refractivity contribution is 0.281. The Labute approximate surface area is 147 Å². The molecule has 7 nitrogen and oxygen atoms in total. The number of aromatic nitrogens is 1. The number of piperidine rings is 1. The Hall–Kier alpha value is -2.37. The fraction of sp³-hybridized carbons (Fsp3) is 0.412. The summed E-state index contributed by atoms with van der Waals surface area (Å²) in [4.78, 5) is 4.37. The van der Waals surface area contributed by atoms with Gasteiger partial charge in [0.1, 0.15) is 6.07 Å². The Kier molecular flexibility index (Phi) is 4.79. The van der Waals surface area contributed by atoms with Crippen LogP contribution in [0, 0.1) is 17.2 Å². The van der Waals surface area contributed by atoms with Crippen LogP contribution in [0.2, 0.25) is 0 Å². The van der Waals surface area contributed by atoms with Crippen molar-refractivity contribution in [2.45, 2.75) is 24.7 Å². The average Bonchev–Trinajstić information content (AvgIpc) is 3.05. The van der Waals surface area contributed by atoms with Crippen molar-refractivity contribution in [3.05, 3.63) is 30.0 Å². The van der Waals surface area contributed by atoms with Gasteiger partial charge in [-0.1, -0.05) is 6.92 Å². The number of sulfonamides is 1. The summed E-state index contributed by atoms with van der Waals surface area (Å²) in [6.07, 6.45) is 1.95. The normalized spacial score (nSPS) is 18.7. The van der Waals surface area contributed by atoms with Gasteiger partial charge in [0.05, 0.1) is 4.90 Å². The summed E-state index contributed by atoms with van der Waals surface area (Å²) < 4.78 is 32.6. The van der Waals surface area contributed by atoms with E-state index >= 15 is 0 Å². The van der Waals surface area contributed by atoms with Crippen molar-refractivity contribution >= 4 is 15.9 Å². The first-order valence-corrected chi connectivity index (χ1v) is 9.59. The minimum Gasteiger partial charge on any atom is -0.419 e. The van der Waals surface area contributed by atoms with Crippen molar-refractivity contribution in [3.63, 3.8) is 0 Å². The largest absolute Gasteiger partial charge is 0.419 e. The number of hydrogen-bond donors (Lipinski definition) is 1. The molecule has 0 amide bonds. The second kappa shape index (κ2) is 6.86. The van der Waals surface area contributed by atoms with Crippen molar-refractivity contribution in [1.82, 2.24) is 9.29 Å². The van der Waals surface area contributed by atoms with Gasteiger partial charge in [-0.05, 0) is 43.0 Å². The van der Waals surface area contributed by atoms with E-state index in [0.717, 1.165) is 12.8 Å². The molecule has 2 aromatic rings. The number of hydrogen-bond acceptors (Lipinski definition) is 6. The number of nitriles is 1. The molecule has 1 atom stereocenters. The van der Waals surface area contributed by atoms with Crippen LogP contribution in [0.1, 0.15) is 25.5 Å². The van der Waals surface area contributed by atoms with Crippen LogP contribution in [0.5, 0.6) is 0 Å². The fourth-order valence-corrected chi connectivity index (χ4v) is 4.57. The summed E-state index contributed by atoms with van der Waals surface area (Å²) in [5.41, 5.74) is 0.778. The monoisotopic (exact) mass is 360 g/mol. The Bertz CT molecular complexity index is 897. The fourth-order valence-electron chi connectivity index (χ4n) is 2.97. The van der Waals surface area contributed by atoms with Crippen molar-refractivity contribution in [2.24, 2.45) is 5.92 Å². The van der Waals surface area contributed by atoms with Gasteiger partial charge < -0.3 is 9.73 Å². The first kappa shape index (κ1) is 17.5. The van der Waals surface area contributed by atoms with Crippen molar-refractivity contribution in [2.75, 3.05) is 25.5 Å². The van der Waals surface area contributed by atoms with Crippen molar-refractivity contribution in [1.29, 1.82) is 5.26 Å². The number of nitrogens with one attached hydrogen (secondary N) is 1. The van der Waals surface area contributed by atoms with Gasteiger partial charge in [-0.15, -0.1) is 0 Å². The average molecular weight is 360 g/mol. The molecule has 0 radical (unpaired) electrons. The molecule has 0 bridgehead atoms. The SMILES string of the molecule is CNc1oc(-c2ccc(S(=O)(=O)N3CCC[C@@H](C)C3)cc2)nc1C#N. The number of benzene rings is 1. The lowest BCUT2D eigenvalue weighted by Gasteiger charge is -2.30. The lowest BCUT2D eigenvalue weighted by atomic mass is 10.0. The molecule has 1 aromatic heterocycles. The van der Waals surface area contributed by atoms with Crippen LogP contribution in [0.3, 0.4) is 0 Å². The van der Waals surface area contributed by atoms with Gasteiger partial charge in [0.25, 0.3) is 0 Å². The smallest absolute Gasteiger partial charge is 0.243 e. The summed E-state index contributed by atoms with van der Waals surface area (Å²) in [5, 5.41) is 11.8. The third kappa shape index (κ3) is 3.38. The van der Waals surface area contributed by atoms with E-state index in [1.165, 1.54) is 0 Å². The van der Waals surface area contributed by atoms with Crippen LogP contribution in [-0.2, 0) is 10.0 Å². The lowest BCUT2D eigenvalue weighted by Crippen LogP contribution is -2.39. The van der Waals surface area contributed by atoms with Crippen LogP contribution in [-0.4, -0.2) is 37.8 Å². The maximum atomic E-state index is 12.8. The molecule has 0 spiro atoms. The molecule has 3 rings (SSSR count). The third-order valence-corrected chi connectivity index (χ3v) is 6.20. The van der Waals surface area contributed by atoms with Gasteiger partial charge in [-0.3, -0.25) is 0 Å². The van der Waals surface area contributed by atoms with E-state index in [1.54, 1.807) is 35.6 Å². The van der Waals surface area contributed by atoms with Crippen LogP contribution < -0.4 is 5.32 Å². The standard InChI is InChI=1S/C17H20N4O3S/c1-12-4-3-9-21(11-12)25(22,23)14-7-5-13(6-8-14)16-20-15(10-18)17(19-2)24-16/h5-8,12,19H,3-4,9,11H2,1-2H3/t12-/m1/s1. The molecule has 1 N–H and O–H groups in total.